The summed E-state index contributed by atoms with van der Waals surface area (Å²) < 4.78 is 10.2. The molecule has 1 aromatic rings. The van der Waals surface area contributed by atoms with Gasteiger partial charge in [-0.3, -0.25) is 0 Å². The second kappa shape index (κ2) is 10.9. The highest BCUT2D eigenvalue weighted by molar-refractivity contribution is 5.68. The third-order valence-corrected chi connectivity index (χ3v) is 3.02. The van der Waals surface area contributed by atoms with E-state index in [1.165, 1.54) is 0 Å². The molecule has 7 nitrogen and oxygen atoms in total. The summed E-state index contributed by atoms with van der Waals surface area (Å²) >= 11 is 0. The predicted molar refractivity (Wildman–Crippen MR) is 88.0 cm³/mol. The molecule has 0 radical (unpaired) electrons. The number of nitrogens with one attached hydrogen (secondary N) is 2. The smallest absolute Gasteiger partial charge is 0.408 e. The zero-order valence-electron chi connectivity index (χ0n) is 14.0. The molecule has 0 aromatic heterocycles. The number of hydrogen-bond acceptors (Lipinski definition) is 5. The summed E-state index contributed by atoms with van der Waals surface area (Å²) in [5.41, 5.74) is 0.889. The topological polar surface area (TPSA) is 100 Å². The molecule has 0 bridgehead atoms. The Morgan fingerprint density at radius 3 is 2.50 bits per heavy atom. The number of benzene rings is 1. The third kappa shape index (κ3) is 8.63. The van der Waals surface area contributed by atoms with Crippen molar-refractivity contribution in [3.63, 3.8) is 0 Å². The van der Waals surface area contributed by atoms with Crippen molar-refractivity contribution in [1.82, 2.24) is 10.6 Å². The molecule has 0 aliphatic heterocycles. The fourth-order valence-corrected chi connectivity index (χ4v) is 2.01. The molecule has 0 spiro atoms. The van der Waals surface area contributed by atoms with Gasteiger partial charge in [0.15, 0.2) is 0 Å². The Balaban J connectivity index is 2.41. The number of hydrogen-bond donors (Lipinski definition) is 2. The molecule has 0 aliphatic rings. The number of rotatable bonds is 8. The minimum absolute atomic E-state index is 0.00980. The van der Waals surface area contributed by atoms with Crippen LogP contribution in [0.15, 0.2) is 30.3 Å². The van der Waals surface area contributed by atoms with Gasteiger partial charge in [-0.25, -0.2) is 9.59 Å². The second-order valence-corrected chi connectivity index (χ2v) is 5.64. The van der Waals surface area contributed by atoms with Gasteiger partial charge in [0.2, 0.25) is 0 Å². The Morgan fingerprint density at radius 2 is 1.88 bits per heavy atom. The zero-order valence-corrected chi connectivity index (χ0v) is 14.0. The maximum absolute atomic E-state index is 11.9. The molecule has 0 saturated carbocycles. The molecule has 1 aromatic carbocycles. The first-order valence-electron chi connectivity index (χ1n) is 7.76. The Bertz CT molecular complexity index is 555. The maximum Gasteiger partial charge on any atom is 0.408 e. The molecule has 1 rings (SSSR count). The first-order valence-corrected chi connectivity index (χ1v) is 7.76. The lowest BCUT2D eigenvalue weighted by molar-refractivity contribution is 0.111. The molecule has 0 fully saturated rings. The van der Waals surface area contributed by atoms with E-state index in [4.69, 9.17) is 14.7 Å². The Labute approximate surface area is 141 Å². The summed E-state index contributed by atoms with van der Waals surface area (Å²) in [5, 5.41) is 13.4. The van der Waals surface area contributed by atoms with E-state index in [1.807, 2.05) is 44.2 Å². The van der Waals surface area contributed by atoms with Crippen molar-refractivity contribution in [2.75, 3.05) is 13.2 Å². The van der Waals surface area contributed by atoms with Crippen molar-refractivity contribution in [3.8, 4) is 6.07 Å². The normalized spacial score (nSPS) is 11.2. The number of alkyl carbamates (subject to hydrolysis) is 2. The average Bonchev–Trinajstić information content (AvgIpc) is 2.56. The van der Waals surface area contributed by atoms with Crippen molar-refractivity contribution >= 4 is 12.2 Å². The molecule has 0 saturated heterocycles. The first kappa shape index (κ1) is 19.3. The molecule has 7 heteroatoms. The van der Waals surface area contributed by atoms with Crippen LogP contribution in [0.4, 0.5) is 9.59 Å². The monoisotopic (exact) mass is 333 g/mol. The van der Waals surface area contributed by atoms with Crippen LogP contribution in [0.3, 0.4) is 0 Å². The van der Waals surface area contributed by atoms with Crippen LogP contribution in [0.1, 0.15) is 25.8 Å². The fourth-order valence-electron chi connectivity index (χ4n) is 2.01. The lowest BCUT2D eigenvalue weighted by Gasteiger charge is -2.20. The highest BCUT2D eigenvalue weighted by Crippen LogP contribution is 2.07. The summed E-state index contributed by atoms with van der Waals surface area (Å²) in [6.07, 6.45) is -0.623. The van der Waals surface area contributed by atoms with Gasteiger partial charge >= 0.3 is 12.2 Å². The van der Waals surface area contributed by atoms with Gasteiger partial charge in [0, 0.05) is 0 Å². The van der Waals surface area contributed by atoms with Crippen molar-refractivity contribution in [1.29, 1.82) is 5.26 Å². The van der Waals surface area contributed by atoms with E-state index >= 15 is 0 Å². The van der Waals surface area contributed by atoms with E-state index in [-0.39, 0.29) is 25.8 Å². The summed E-state index contributed by atoms with van der Waals surface area (Å²) in [7, 11) is 0. The van der Waals surface area contributed by atoms with E-state index in [9.17, 15) is 9.59 Å². The number of nitrogens with zero attached hydrogens (tertiary/aromatic N) is 1. The van der Waals surface area contributed by atoms with Crippen molar-refractivity contribution in [3.05, 3.63) is 35.9 Å². The molecule has 2 N–H and O–H groups in total. The SMILES string of the molecule is CC(C)C[C@@H](COC(=O)NCC#N)NC(=O)OCc1ccccc1. The Kier molecular flexibility index (Phi) is 8.76. The lowest BCUT2D eigenvalue weighted by atomic mass is 10.0. The van der Waals surface area contributed by atoms with Gasteiger partial charge in [-0.1, -0.05) is 44.2 Å². The number of carbonyl (C=O) groups excluding carboxylic acids is 2. The van der Waals surface area contributed by atoms with Crippen LogP contribution in [0.5, 0.6) is 0 Å². The summed E-state index contributed by atoms with van der Waals surface area (Å²) in [5.74, 6) is 0.301. The third-order valence-electron chi connectivity index (χ3n) is 3.02. The van der Waals surface area contributed by atoms with E-state index < -0.39 is 12.2 Å². The van der Waals surface area contributed by atoms with Gasteiger partial charge in [-0.2, -0.15) is 5.26 Å². The molecule has 2 amide bonds. The van der Waals surface area contributed by atoms with Gasteiger partial charge < -0.3 is 20.1 Å². The summed E-state index contributed by atoms with van der Waals surface area (Å²) in [4.78, 5) is 23.3. The number of ether oxygens (including phenoxy) is 2. The Morgan fingerprint density at radius 1 is 1.17 bits per heavy atom. The standard InChI is InChI=1S/C17H23N3O4/c1-13(2)10-15(12-24-16(21)19-9-8-18)20-17(22)23-11-14-6-4-3-5-7-14/h3-7,13,15H,9-12H2,1-2H3,(H,19,21)(H,20,22)/t15-/m0/s1. The molecular weight excluding hydrogens is 310 g/mol. The van der Waals surface area contributed by atoms with Crippen molar-refractivity contribution in [2.24, 2.45) is 5.92 Å². The average molecular weight is 333 g/mol. The van der Waals surface area contributed by atoms with E-state index in [2.05, 4.69) is 10.6 Å². The Hall–Kier alpha value is -2.75. The van der Waals surface area contributed by atoms with Gasteiger partial charge in [-0.15, -0.1) is 0 Å². The summed E-state index contributed by atoms with van der Waals surface area (Å²) in [6, 6.07) is 10.8. The first-order chi connectivity index (χ1) is 11.5. The molecule has 0 heterocycles. The van der Waals surface area contributed by atoms with Crippen LogP contribution in [0.2, 0.25) is 0 Å². The van der Waals surface area contributed by atoms with E-state index in [1.54, 1.807) is 6.07 Å². The highest BCUT2D eigenvalue weighted by Gasteiger charge is 2.17. The fraction of sp³-hybridized carbons (Fsp3) is 0.471. The van der Waals surface area contributed by atoms with Gasteiger partial charge in [0.25, 0.3) is 0 Å². The summed E-state index contributed by atoms with van der Waals surface area (Å²) in [6.45, 7) is 4.06. The van der Waals surface area contributed by atoms with Gasteiger partial charge in [-0.05, 0) is 17.9 Å². The van der Waals surface area contributed by atoms with Crippen LogP contribution in [0.25, 0.3) is 0 Å². The molecule has 24 heavy (non-hydrogen) atoms. The number of carbonyl (C=O) groups is 2. The number of amides is 2. The van der Waals surface area contributed by atoms with Crippen LogP contribution in [-0.4, -0.2) is 31.4 Å². The molecule has 0 unspecified atom stereocenters. The molecular formula is C17H23N3O4. The maximum atomic E-state index is 11.9. The van der Waals surface area contributed by atoms with E-state index in [0.29, 0.717) is 12.3 Å². The molecule has 1 atom stereocenters. The quantitative estimate of drug-likeness (QED) is 0.712. The van der Waals surface area contributed by atoms with Crippen molar-refractivity contribution in [2.45, 2.75) is 32.9 Å². The van der Waals surface area contributed by atoms with Gasteiger partial charge in [0.05, 0.1) is 12.1 Å². The van der Waals surface area contributed by atoms with Crippen LogP contribution in [0, 0.1) is 17.2 Å². The van der Waals surface area contributed by atoms with Crippen molar-refractivity contribution < 1.29 is 19.1 Å². The van der Waals surface area contributed by atoms with E-state index in [0.717, 1.165) is 5.56 Å². The predicted octanol–water partition coefficient (Wildman–Crippen LogP) is 2.58. The van der Waals surface area contributed by atoms with Crippen LogP contribution < -0.4 is 10.6 Å². The number of nitriles is 1. The van der Waals surface area contributed by atoms with Gasteiger partial charge in [0.1, 0.15) is 19.8 Å². The minimum Gasteiger partial charge on any atom is -0.447 e. The zero-order chi connectivity index (χ0) is 17.8. The van der Waals surface area contributed by atoms with Crippen LogP contribution in [-0.2, 0) is 16.1 Å². The largest absolute Gasteiger partial charge is 0.447 e. The molecule has 130 valence electrons. The lowest BCUT2D eigenvalue weighted by Crippen LogP contribution is -2.41. The van der Waals surface area contributed by atoms with Crippen LogP contribution >= 0.6 is 0 Å². The minimum atomic E-state index is -0.690. The highest BCUT2D eigenvalue weighted by atomic mass is 16.6. The molecule has 0 aliphatic carbocycles. The second-order valence-electron chi connectivity index (χ2n) is 5.64.